The van der Waals surface area contributed by atoms with E-state index in [2.05, 4.69) is 12.2 Å². The molecule has 0 bridgehead atoms. The van der Waals surface area contributed by atoms with Crippen molar-refractivity contribution in [3.63, 3.8) is 0 Å². The van der Waals surface area contributed by atoms with Crippen LogP contribution in [0.3, 0.4) is 0 Å². The molecule has 0 aliphatic rings. The Morgan fingerprint density at radius 1 is 1.53 bits per heavy atom. The van der Waals surface area contributed by atoms with E-state index in [0.717, 1.165) is 12.8 Å². The summed E-state index contributed by atoms with van der Waals surface area (Å²) in [5, 5.41) is 2.74. The van der Waals surface area contributed by atoms with Crippen LogP contribution in [0.1, 0.15) is 26.7 Å². The molecule has 0 aliphatic carbocycles. The first kappa shape index (κ1) is 13.5. The average Bonchev–Trinajstić information content (AvgIpc) is 2.27. The third-order valence-electron chi connectivity index (χ3n) is 2.36. The highest BCUT2D eigenvalue weighted by atomic mass is 16.5. The smallest absolute Gasteiger partial charge is 0.250 e. The summed E-state index contributed by atoms with van der Waals surface area (Å²) in [5.74, 6) is -0.154. The van der Waals surface area contributed by atoms with Crippen LogP contribution in [0.4, 0.5) is 11.4 Å². The Balaban J connectivity index is 2.34. The quantitative estimate of drug-likeness (QED) is 0.745. The predicted octanol–water partition coefficient (Wildman–Crippen LogP) is 2.41. The van der Waals surface area contributed by atoms with Crippen molar-refractivity contribution in [1.29, 1.82) is 0 Å². The first-order valence-electron chi connectivity index (χ1n) is 5.88. The van der Waals surface area contributed by atoms with Crippen LogP contribution in [0.5, 0.6) is 0 Å². The molecule has 4 nitrogen and oxygen atoms in total. The standard InChI is InChI=1S/C13H20N2O2/c1-3-5-10(2)17-9-13(16)15-12-7-4-6-11(14)8-12/h4,6-8,10H,3,5,9,14H2,1-2H3,(H,15,16). The number of carbonyl (C=O) groups is 1. The van der Waals surface area contributed by atoms with E-state index in [-0.39, 0.29) is 18.6 Å². The zero-order valence-electron chi connectivity index (χ0n) is 10.4. The Morgan fingerprint density at radius 2 is 2.29 bits per heavy atom. The molecular weight excluding hydrogens is 216 g/mol. The van der Waals surface area contributed by atoms with E-state index in [9.17, 15) is 4.79 Å². The van der Waals surface area contributed by atoms with E-state index in [0.29, 0.717) is 11.4 Å². The van der Waals surface area contributed by atoms with E-state index in [1.165, 1.54) is 0 Å². The summed E-state index contributed by atoms with van der Waals surface area (Å²) in [6.07, 6.45) is 2.13. The Kier molecular flexibility index (Phi) is 5.49. The molecule has 1 atom stereocenters. The second-order valence-corrected chi connectivity index (χ2v) is 4.08. The van der Waals surface area contributed by atoms with Crippen LogP contribution in [-0.4, -0.2) is 18.6 Å². The Labute approximate surface area is 102 Å². The molecule has 1 amide bonds. The van der Waals surface area contributed by atoms with Gasteiger partial charge in [0, 0.05) is 11.4 Å². The second-order valence-electron chi connectivity index (χ2n) is 4.08. The number of hydrogen-bond acceptors (Lipinski definition) is 3. The van der Waals surface area contributed by atoms with Crippen molar-refractivity contribution in [2.45, 2.75) is 32.8 Å². The van der Waals surface area contributed by atoms with Crippen LogP contribution in [0, 0.1) is 0 Å². The predicted molar refractivity (Wildman–Crippen MR) is 69.8 cm³/mol. The Bertz CT molecular complexity index is 366. The zero-order chi connectivity index (χ0) is 12.7. The minimum atomic E-state index is -0.154. The summed E-state index contributed by atoms with van der Waals surface area (Å²) < 4.78 is 5.40. The monoisotopic (exact) mass is 236 g/mol. The first-order valence-corrected chi connectivity index (χ1v) is 5.88. The van der Waals surface area contributed by atoms with Gasteiger partial charge in [0.1, 0.15) is 6.61 Å². The number of nitrogens with two attached hydrogens (primary N) is 1. The number of nitrogens with one attached hydrogen (secondary N) is 1. The molecule has 1 aromatic rings. The van der Waals surface area contributed by atoms with E-state index >= 15 is 0 Å². The van der Waals surface area contributed by atoms with Gasteiger partial charge < -0.3 is 15.8 Å². The lowest BCUT2D eigenvalue weighted by atomic mass is 10.2. The lowest BCUT2D eigenvalue weighted by Gasteiger charge is -2.12. The maximum absolute atomic E-state index is 11.6. The molecule has 0 saturated heterocycles. The van der Waals surface area contributed by atoms with Crippen LogP contribution in [0.15, 0.2) is 24.3 Å². The fourth-order valence-electron chi connectivity index (χ4n) is 1.52. The summed E-state index contributed by atoms with van der Waals surface area (Å²) >= 11 is 0. The zero-order valence-corrected chi connectivity index (χ0v) is 10.4. The van der Waals surface area contributed by atoms with Crippen molar-refractivity contribution in [3.05, 3.63) is 24.3 Å². The molecule has 94 valence electrons. The maximum Gasteiger partial charge on any atom is 0.250 e. The van der Waals surface area contributed by atoms with Gasteiger partial charge in [-0.05, 0) is 31.5 Å². The average molecular weight is 236 g/mol. The number of amides is 1. The lowest BCUT2D eigenvalue weighted by Crippen LogP contribution is -2.21. The number of benzene rings is 1. The topological polar surface area (TPSA) is 64.3 Å². The second kappa shape index (κ2) is 6.91. The van der Waals surface area contributed by atoms with Crippen molar-refractivity contribution in [2.24, 2.45) is 0 Å². The van der Waals surface area contributed by atoms with Gasteiger partial charge >= 0.3 is 0 Å². The number of anilines is 2. The molecule has 0 aliphatic heterocycles. The van der Waals surface area contributed by atoms with Crippen LogP contribution in [-0.2, 0) is 9.53 Å². The van der Waals surface area contributed by atoms with E-state index in [1.54, 1.807) is 24.3 Å². The molecule has 0 saturated carbocycles. The highest BCUT2D eigenvalue weighted by Crippen LogP contribution is 2.11. The first-order chi connectivity index (χ1) is 8.11. The van der Waals surface area contributed by atoms with E-state index < -0.39 is 0 Å². The molecule has 3 N–H and O–H groups in total. The minimum absolute atomic E-state index is 0.0793. The van der Waals surface area contributed by atoms with Gasteiger partial charge in [0.05, 0.1) is 6.10 Å². The van der Waals surface area contributed by atoms with Gasteiger partial charge in [-0.3, -0.25) is 4.79 Å². The molecule has 0 aromatic heterocycles. The largest absolute Gasteiger partial charge is 0.399 e. The van der Waals surface area contributed by atoms with Crippen molar-refractivity contribution in [3.8, 4) is 0 Å². The molecule has 17 heavy (non-hydrogen) atoms. The molecule has 4 heteroatoms. The SMILES string of the molecule is CCCC(C)OCC(=O)Nc1cccc(N)c1. The van der Waals surface area contributed by atoms with Crippen LogP contribution < -0.4 is 11.1 Å². The van der Waals surface area contributed by atoms with Gasteiger partial charge in [0.15, 0.2) is 0 Å². The molecule has 1 unspecified atom stereocenters. The van der Waals surface area contributed by atoms with Crippen molar-refractivity contribution >= 4 is 17.3 Å². The minimum Gasteiger partial charge on any atom is -0.399 e. The summed E-state index contributed by atoms with van der Waals surface area (Å²) in [4.78, 5) is 11.6. The van der Waals surface area contributed by atoms with Gasteiger partial charge in [0.25, 0.3) is 0 Å². The summed E-state index contributed by atoms with van der Waals surface area (Å²) in [6.45, 7) is 4.14. The highest BCUT2D eigenvalue weighted by molar-refractivity contribution is 5.92. The normalized spacial score (nSPS) is 12.1. The molecule has 1 rings (SSSR count). The van der Waals surface area contributed by atoms with Gasteiger partial charge in [-0.15, -0.1) is 0 Å². The molecule has 0 fully saturated rings. The molecule has 0 heterocycles. The fourth-order valence-corrected chi connectivity index (χ4v) is 1.52. The fraction of sp³-hybridized carbons (Fsp3) is 0.462. The van der Waals surface area contributed by atoms with Gasteiger partial charge in [-0.2, -0.15) is 0 Å². The molecular formula is C13H20N2O2. The van der Waals surface area contributed by atoms with Crippen molar-refractivity contribution in [1.82, 2.24) is 0 Å². The van der Waals surface area contributed by atoms with Crippen LogP contribution in [0.2, 0.25) is 0 Å². The summed E-state index contributed by atoms with van der Waals surface area (Å²) in [7, 11) is 0. The van der Waals surface area contributed by atoms with Crippen LogP contribution in [0.25, 0.3) is 0 Å². The highest BCUT2D eigenvalue weighted by Gasteiger charge is 2.06. The summed E-state index contributed by atoms with van der Waals surface area (Å²) in [6, 6.07) is 7.08. The van der Waals surface area contributed by atoms with Gasteiger partial charge in [-0.25, -0.2) is 0 Å². The number of carbonyl (C=O) groups excluding carboxylic acids is 1. The Hall–Kier alpha value is -1.55. The third-order valence-corrected chi connectivity index (χ3v) is 2.36. The summed E-state index contributed by atoms with van der Waals surface area (Å²) in [5.41, 5.74) is 6.94. The number of hydrogen-bond donors (Lipinski definition) is 2. The molecule has 0 radical (unpaired) electrons. The van der Waals surface area contributed by atoms with Gasteiger partial charge in [0.2, 0.25) is 5.91 Å². The number of rotatable bonds is 6. The molecule has 1 aromatic carbocycles. The third kappa shape index (κ3) is 5.36. The number of nitrogen functional groups attached to an aromatic ring is 1. The maximum atomic E-state index is 11.6. The van der Waals surface area contributed by atoms with Crippen molar-refractivity contribution in [2.75, 3.05) is 17.7 Å². The van der Waals surface area contributed by atoms with E-state index in [1.807, 2.05) is 6.92 Å². The lowest BCUT2D eigenvalue weighted by molar-refractivity contribution is -0.122. The van der Waals surface area contributed by atoms with Gasteiger partial charge in [-0.1, -0.05) is 19.4 Å². The van der Waals surface area contributed by atoms with Crippen LogP contribution >= 0.6 is 0 Å². The molecule has 0 spiro atoms. The Morgan fingerprint density at radius 3 is 2.94 bits per heavy atom. The number of ether oxygens (including phenoxy) is 1. The van der Waals surface area contributed by atoms with E-state index in [4.69, 9.17) is 10.5 Å². The van der Waals surface area contributed by atoms with Crippen molar-refractivity contribution < 1.29 is 9.53 Å².